The molecule has 1 aromatic rings. The van der Waals surface area contributed by atoms with Crippen LogP contribution in [-0.4, -0.2) is 17.8 Å². The lowest BCUT2D eigenvalue weighted by Gasteiger charge is -2.31. The van der Waals surface area contributed by atoms with E-state index in [-0.39, 0.29) is 5.91 Å². The standard InChI is InChI=1S/C20H28N2O4S/c1-2-5-11-8-9-14-15(10-11)27-19(16(14)17(21)23)22-18(24)12-6-3-4-7-13(12)20(25)26/h11-13H,2-10H2,1H3,(H2,21,23)(H,22,24)(H,25,26)/p-1/t11-,12+,13+/m1/s1. The summed E-state index contributed by atoms with van der Waals surface area (Å²) in [6.07, 6.45) is 7.63. The third-order valence-corrected chi connectivity index (χ3v) is 7.12. The molecule has 1 aromatic heterocycles. The van der Waals surface area contributed by atoms with Gasteiger partial charge >= 0.3 is 0 Å². The Bertz CT molecular complexity index is 743. The smallest absolute Gasteiger partial charge is 0.251 e. The van der Waals surface area contributed by atoms with Crippen molar-refractivity contribution in [3.63, 3.8) is 0 Å². The summed E-state index contributed by atoms with van der Waals surface area (Å²) in [5, 5.41) is 14.7. The van der Waals surface area contributed by atoms with Crippen molar-refractivity contribution in [2.24, 2.45) is 23.5 Å². The van der Waals surface area contributed by atoms with Gasteiger partial charge < -0.3 is 21.0 Å². The van der Waals surface area contributed by atoms with Crippen LogP contribution in [0.15, 0.2) is 0 Å². The molecule has 2 amide bonds. The van der Waals surface area contributed by atoms with E-state index in [4.69, 9.17) is 5.73 Å². The Hall–Kier alpha value is -1.89. The molecule has 0 unspecified atom stereocenters. The van der Waals surface area contributed by atoms with Crippen LogP contribution in [0.5, 0.6) is 0 Å². The maximum atomic E-state index is 12.8. The van der Waals surface area contributed by atoms with E-state index in [1.54, 1.807) is 0 Å². The summed E-state index contributed by atoms with van der Waals surface area (Å²) in [4.78, 5) is 37.4. The van der Waals surface area contributed by atoms with E-state index in [9.17, 15) is 19.5 Å². The molecule has 27 heavy (non-hydrogen) atoms. The number of hydrogen-bond acceptors (Lipinski definition) is 5. The zero-order valence-corrected chi connectivity index (χ0v) is 16.5. The predicted molar refractivity (Wildman–Crippen MR) is 102 cm³/mol. The molecule has 3 rings (SSSR count). The second-order valence-corrected chi connectivity index (χ2v) is 8.88. The number of fused-ring (bicyclic) bond motifs is 1. The summed E-state index contributed by atoms with van der Waals surface area (Å²) in [5.74, 6) is -2.81. The number of nitrogens with one attached hydrogen (secondary N) is 1. The Kier molecular flexibility index (Phi) is 6.19. The van der Waals surface area contributed by atoms with Crippen LogP contribution >= 0.6 is 11.3 Å². The SMILES string of the molecule is CCC[C@@H]1CCc2c(sc(NC(=O)[C@H]3CCCC[C@@H]3C(=O)[O-])c2C(N)=O)C1. The quantitative estimate of drug-likeness (QED) is 0.774. The first-order chi connectivity index (χ1) is 12.9. The van der Waals surface area contributed by atoms with Crippen LogP contribution in [0.25, 0.3) is 0 Å². The molecule has 148 valence electrons. The van der Waals surface area contributed by atoms with E-state index in [0.29, 0.717) is 29.3 Å². The number of amides is 2. The Labute approximate surface area is 163 Å². The van der Waals surface area contributed by atoms with Crippen LogP contribution in [0.3, 0.4) is 0 Å². The van der Waals surface area contributed by atoms with Crippen molar-refractivity contribution in [2.45, 2.75) is 64.7 Å². The fourth-order valence-electron chi connectivity index (χ4n) is 4.59. The van der Waals surface area contributed by atoms with Gasteiger partial charge in [0.1, 0.15) is 5.00 Å². The van der Waals surface area contributed by atoms with Gasteiger partial charge in [-0.15, -0.1) is 11.3 Å². The molecule has 0 bridgehead atoms. The molecule has 3 N–H and O–H groups in total. The van der Waals surface area contributed by atoms with E-state index in [2.05, 4.69) is 12.2 Å². The number of carboxylic acids is 1. The first-order valence-electron chi connectivity index (χ1n) is 9.88. The lowest BCUT2D eigenvalue weighted by atomic mass is 9.78. The number of hydrogen-bond donors (Lipinski definition) is 2. The molecule has 1 fully saturated rings. The van der Waals surface area contributed by atoms with Crippen LogP contribution in [0.2, 0.25) is 0 Å². The van der Waals surface area contributed by atoms with Gasteiger partial charge in [-0.1, -0.05) is 32.6 Å². The second kappa shape index (κ2) is 8.42. The molecular formula is C20H27N2O4S-. The molecule has 0 spiro atoms. The minimum atomic E-state index is -1.17. The van der Waals surface area contributed by atoms with Crippen molar-refractivity contribution >= 4 is 34.1 Å². The second-order valence-electron chi connectivity index (χ2n) is 7.78. The van der Waals surface area contributed by atoms with Crippen LogP contribution in [0.4, 0.5) is 5.00 Å². The number of carboxylic acid groups (broad SMARTS) is 1. The fourth-order valence-corrected chi connectivity index (χ4v) is 5.96. The Morgan fingerprint density at radius 3 is 2.52 bits per heavy atom. The van der Waals surface area contributed by atoms with Gasteiger partial charge in [0.2, 0.25) is 5.91 Å². The summed E-state index contributed by atoms with van der Waals surface area (Å²) in [6.45, 7) is 2.17. The van der Waals surface area contributed by atoms with Gasteiger partial charge in [0, 0.05) is 22.7 Å². The number of primary amides is 1. The lowest BCUT2D eigenvalue weighted by molar-refractivity contribution is -0.313. The third-order valence-electron chi connectivity index (χ3n) is 5.95. The summed E-state index contributed by atoms with van der Waals surface area (Å²) >= 11 is 1.43. The topological polar surface area (TPSA) is 112 Å². The van der Waals surface area contributed by atoms with Crippen molar-refractivity contribution in [1.29, 1.82) is 0 Å². The number of anilines is 1. The van der Waals surface area contributed by atoms with E-state index < -0.39 is 23.7 Å². The molecule has 6 nitrogen and oxygen atoms in total. The third kappa shape index (κ3) is 4.18. The first kappa shape index (κ1) is 19.9. The molecule has 0 aliphatic heterocycles. The Balaban J connectivity index is 1.83. The lowest BCUT2D eigenvalue weighted by Crippen LogP contribution is -2.42. The highest BCUT2D eigenvalue weighted by molar-refractivity contribution is 7.17. The van der Waals surface area contributed by atoms with Crippen LogP contribution in [0, 0.1) is 17.8 Å². The van der Waals surface area contributed by atoms with Gasteiger partial charge in [-0.25, -0.2) is 0 Å². The van der Waals surface area contributed by atoms with E-state index in [1.807, 2.05) is 0 Å². The summed E-state index contributed by atoms with van der Waals surface area (Å²) in [7, 11) is 0. The Morgan fingerprint density at radius 1 is 1.19 bits per heavy atom. The van der Waals surface area contributed by atoms with Gasteiger partial charge in [0.25, 0.3) is 5.91 Å². The van der Waals surface area contributed by atoms with Gasteiger partial charge in [-0.3, -0.25) is 9.59 Å². The molecule has 0 radical (unpaired) electrons. The molecule has 3 atom stereocenters. The van der Waals surface area contributed by atoms with Crippen molar-refractivity contribution < 1.29 is 19.5 Å². The molecule has 1 saturated carbocycles. The number of rotatable bonds is 6. The van der Waals surface area contributed by atoms with Crippen LogP contribution in [0.1, 0.15) is 72.7 Å². The molecule has 0 saturated heterocycles. The normalized spacial score (nSPS) is 24.9. The highest BCUT2D eigenvalue weighted by Crippen LogP contribution is 2.41. The number of aliphatic carboxylic acids is 1. The van der Waals surface area contributed by atoms with Gasteiger partial charge in [-0.2, -0.15) is 0 Å². The van der Waals surface area contributed by atoms with Crippen molar-refractivity contribution in [3.8, 4) is 0 Å². The van der Waals surface area contributed by atoms with Gasteiger partial charge in [0.15, 0.2) is 0 Å². The van der Waals surface area contributed by atoms with Crippen molar-refractivity contribution in [3.05, 3.63) is 16.0 Å². The van der Waals surface area contributed by atoms with Crippen molar-refractivity contribution in [2.75, 3.05) is 5.32 Å². The number of thiophene rings is 1. The summed E-state index contributed by atoms with van der Waals surface area (Å²) in [5.41, 5.74) is 7.00. The molecular weight excluding hydrogens is 364 g/mol. The molecule has 1 heterocycles. The zero-order chi connectivity index (χ0) is 19.6. The Morgan fingerprint density at radius 2 is 1.89 bits per heavy atom. The number of nitrogens with two attached hydrogens (primary N) is 1. The predicted octanol–water partition coefficient (Wildman–Crippen LogP) is 2.25. The maximum Gasteiger partial charge on any atom is 0.251 e. The highest BCUT2D eigenvalue weighted by Gasteiger charge is 2.34. The summed E-state index contributed by atoms with van der Waals surface area (Å²) in [6, 6.07) is 0. The fraction of sp³-hybridized carbons (Fsp3) is 0.650. The minimum Gasteiger partial charge on any atom is -0.550 e. The zero-order valence-electron chi connectivity index (χ0n) is 15.7. The van der Waals surface area contributed by atoms with Gasteiger partial charge in [0.05, 0.1) is 5.56 Å². The summed E-state index contributed by atoms with van der Waals surface area (Å²) < 4.78 is 0. The van der Waals surface area contributed by atoms with E-state index in [1.165, 1.54) is 11.3 Å². The monoisotopic (exact) mass is 391 g/mol. The maximum absolute atomic E-state index is 12.8. The van der Waals surface area contributed by atoms with E-state index >= 15 is 0 Å². The average Bonchev–Trinajstić information content (AvgIpc) is 2.99. The first-order valence-corrected chi connectivity index (χ1v) is 10.7. The number of carbonyl (C=O) groups is 3. The highest BCUT2D eigenvalue weighted by atomic mass is 32.1. The van der Waals surface area contributed by atoms with Crippen LogP contribution < -0.4 is 16.2 Å². The van der Waals surface area contributed by atoms with E-state index in [0.717, 1.165) is 55.4 Å². The molecule has 7 heteroatoms. The molecule has 0 aromatic carbocycles. The largest absolute Gasteiger partial charge is 0.550 e. The molecule has 2 aliphatic rings. The van der Waals surface area contributed by atoms with Gasteiger partial charge in [-0.05, 0) is 43.6 Å². The minimum absolute atomic E-state index is 0.338. The molecule has 2 aliphatic carbocycles. The van der Waals surface area contributed by atoms with Crippen LogP contribution in [-0.2, 0) is 22.4 Å². The number of carbonyl (C=O) groups excluding carboxylic acids is 3. The average molecular weight is 392 g/mol. The van der Waals surface area contributed by atoms with Crippen molar-refractivity contribution in [1.82, 2.24) is 0 Å².